The van der Waals surface area contributed by atoms with E-state index in [0.717, 1.165) is 12.3 Å². The highest BCUT2D eigenvalue weighted by Gasteiger charge is 2.18. The number of hydrogen-bond acceptors (Lipinski definition) is 0. The Hall–Kier alpha value is -0.490. The van der Waals surface area contributed by atoms with E-state index in [2.05, 4.69) is 44.2 Å². The molecule has 0 saturated heterocycles. The van der Waals surface area contributed by atoms with Crippen LogP contribution in [0.2, 0.25) is 0 Å². The molecule has 0 N–H and O–H groups in total. The minimum Gasteiger partial charge on any atom is -0.126 e. The van der Waals surface area contributed by atoms with Crippen molar-refractivity contribution in [2.75, 3.05) is 5.88 Å². The minimum absolute atomic E-state index is 0.615. The van der Waals surface area contributed by atoms with Crippen LogP contribution in [0.4, 0.5) is 0 Å². The molecule has 1 aromatic carbocycles. The second-order valence-electron chi connectivity index (χ2n) is 3.75. The van der Waals surface area contributed by atoms with Crippen molar-refractivity contribution in [3.8, 4) is 0 Å². The predicted molar refractivity (Wildman–Crippen MR) is 64.0 cm³/mol. The van der Waals surface area contributed by atoms with E-state index >= 15 is 0 Å². The molecule has 0 amide bonds. The van der Waals surface area contributed by atoms with Gasteiger partial charge in [0.2, 0.25) is 0 Å². The molecule has 0 aliphatic rings. The van der Waals surface area contributed by atoms with Crippen molar-refractivity contribution >= 4 is 11.6 Å². The van der Waals surface area contributed by atoms with Gasteiger partial charge in [0, 0.05) is 5.88 Å². The molecule has 0 aliphatic heterocycles. The third kappa shape index (κ3) is 2.75. The molecule has 0 fully saturated rings. The Morgan fingerprint density at radius 3 is 2.14 bits per heavy atom. The molecule has 2 unspecified atom stereocenters. The highest BCUT2D eigenvalue weighted by atomic mass is 35.5. The fraction of sp³-hybridized carbons (Fsp3) is 0.538. The summed E-state index contributed by atoms with van der Waals surface area (Å²) in [6, 6.07) is 10.7. The lowest BCUT2D eigenvalue weighted by atomic mass is 9.84. The molecular formula is C13H19Cl. The zero-order valence-corrected chi connectivity index (χ0v) is 9.80. The molecule has 0 aliphatic carbocycles. The molecule has 0 aromatic heterocycles. The predicted octanol–water partition coefficient (Wildman–Crippen LogP) is 4.45. The summed E-state index contributed by atoms with van der Waals surface area (Å²) in [6.45, 7) is 4.46. The molecule has 1 aromatic rings. The van der Waals surface area contributed by atoms with Gasteiger partial charge in [-0.2, -0.15) is 0 Å². The monoisotopic (exact) mass is 210 g/mol. The maximum atomic E-state index is 5.99. The van der Waals surface area contributed by atoms with Crippen molar-refractivity contribution in [1.82, 2.24) is 0 Å². The van der Waals surface area contributed by atoms with Gasteiger partial charge in [-0.05, 0) is 23.8 Å². The second kappa shape index (κ2) is 6.08. The molecule has 0 spiro atoms. The average molecular weight is 211 g/mol. The quantitative estimate of drug-likeness (QED) is 0.631. The molecule has 0 saturated carbocycles. The van der Waals surface area contributed by atoms with Crippen LogP contribution in [-0.2, 0) is 0 Å². The van der Waals surface area contributed by atoms with Gasteiger partial charge in [-0.1, -0.05) is 50.6 Å². The summed E-state index contributed by atoms with van der Waals surface area (Å²) in [5.74, 6) is 2.01. The zero-order valence-electron chi connectivity index (χ0n) is 9.04. The first-order chi connectivity index (χ1) is 6.83. The summed E-state index contributed by atoms with van der Waals surface area (Å²) in [5.41, 5.74) is 1.43. The van der Waals surface area contributed by atoms with Crippen molar-refractivity contribution in [3.05, 3.63) is 35.9 Å². The van der Waals surface area contributed by atoms with E-state index in [4.69, 9.17) is 11.6 Å². The normalized spacial score (nSPS) is 15.1. The van der Waals surface area contributed by atoms with Crippen molar-refractivity contribution in [2.45, 2.75) is 32.6 Å². The van der Waals surface area contributed by atoms with E-state index in [-0.39, 0.29) is 0 Å². The van der Waals surface area contributed by atoms with Gasteiger partial charge < -0.3 is 0 Å². The first-order valence-electron chi connectivity index (χ1n) is 5.44. The number of halogens is 1. The van der Waals surface area contributed by atoms with Crippen LogP contribution in [0.25, 0.3) is 0 Å². The van der Waals surface area contributed by atoms with Gasteiger partial charge in [0.05, 0.1) is 0 Å². The Labute approximate surface area is 92.3 Å². The van der Waals surface area contributed by atoms with Gasteiger partial charge in [0.1, 0.15) is 0 Å². The van der Waals surface area contributed by atoms with Gasteiger partial charge in [0.15, 0.2) is 0 Å². The molecule has 0 bridgehead atoms. The Bertz CT molecular complexity index is 239. The Kier molecular flexibility index (Phi) is 5.03. The lowest BCUT2D eigenvalue weighted by molar-refractivity contribution is 0.440. The lowest BCUT2D eigenvalue weighted by Crippen LogP contribution is -2.13. The first-order valence-corrected chi connectivity index (χ1v) is 5.97. The molecule has 0 nitrogen and oxygen atoms in total. The smallest absolute Gasteiger partial charge is 0.0257 e. The highest BCUT2D eigenvalue weighted by molar-refractivity contribution is 6.18. The maximum absolute atomic E-state index is 5.99. The van der Waals surface area contributed by atoms with E-state index in [9.17, 15) is 0 Å². The van der Waals surface area contributed by atoms with Crippen LogP contribution in [0.3, 0.4) is 0 Å². The Morgan fingerprint density at radius 2 is 1.71 bits per heavy atom. The van der Waals surface area contributed by atoms with E-state index in [1.165, 1.54) is 12.0 Å². The highest BCUT2D eigenvalue weighted by Crippen LogP contribution is 2.30. The third-order valence-corrected chi connectivity index (χ3v) is 3.36. The van der Waals surface area contributed by atoms with Crippen LogP contribution in [0, 0.1) is 5.92 Å². The van der Waals surface area contributed by atoms with Crippen molar-refractivity contribution in [3.63, 3.8) is 0 Å². The number of alkyl halides is 1. The summed E-state index contributed by atoms with van der Waals surface area (Å²) >= 11 is 5.99. The fourth-order valence-corrected chi connectivity index (χ4v) is 2.48. The largest absolute Gasteiger partial charge is 0.126 e. The molecule has 78 valence electrons. The van der Waals surface area contributed by atoms with Crippen LogP contribution in [-0.4, -0.2) is 5.88 Å². The molecule has 1 heteroatoms. The molecule has 0 heterocycles. The van der Waals surface area contributed by atoms with Crippen LogP contribution in [0.1, 0.15) is 38.2 Å². The summed E-state index contributed by atoms with van der Waals surface area (Å²) in [6.07, 6.45) is 2.34. The second-order valence-corrected chi connectivity index (χ2v) is 4.06. The van der Waals surface area contributed by atoms with E-state index in [0.29, 0.717) is 11.8 Å². The lowest BCUT2D eigenvalue weighted by Gasteiger charge is -2.23. The van der Waals surface area contributed by atoms with E-state index in [1.807, 2.05) is 0 Å². The minimum atomic E-state index is 0.615. The van der Waals surface area contributed by atoms with E-state index < -0.39 is 0 Å². The molecule has 1 rings (SSSR count). The number of hydrogen-bond donors (Lipinski definition) is 0. The fourth-order valence-electron chi connectivity index (χ4n) is 2.04. The summed E-state index contributed by atoms with van der Waals surface area (Å²) < 4.78 is 0. The van der Waals surface area contributed by atoms with Crippen molar-refractivity contribution in [2.24, 2.45) is 5.92 Å². The van der Waals surface area contributed by atoms with Crippen LogP contribution in [0.15, 0.2) is 30.3 Å². The van der Waals surface area contributed by atoms with E-state index in [1.54, 1.807) is 0 Å². The summed E-state index contributed by atoms with van der Waals surface area (Å²) in [4.78, 5) is 0. The standard InChI is InChI=1S/C13H19Cl/c1-3-11(10-14)13(4-2)12-8-6-5-7-9-12/h5-9,11,13H,3-4,10H2,1-2H3. The molecular weight excluding hydrogens is 192 g/mol. The van der Waals surface area contributed by atoms with Gasteiger partial charge in [-0.15, -0.1) is 11.6 Å². The Balaban J connectivity index is 2.81. The topological polar surface area (TPSA) is 0 Å². The number of benzene rings is 1. The maximum Gasteiger partial charge on any atom is 0.0257 e. The summed E-state index contributed by atoms with van der Waals surface area (Å²) in [5, 5.41) is 0. The van der Waals surface area contributed by atoms with Crippen molar-refractivity contribution < 1.29 is 0 Å². The van der Waals surface area contributed by atoms with Crippen LogP contribution >= 0.6 is 11.6 Å². The van der Waals surface area contributed by atoms with Gasteiger partial charge in [-0.3, -0.25) is 0 Å². The Morgan fingerprint density at radius 1 is 1.07 bits per heavy atom. The number of rotatable bonds is 5. The SMILES string of the molecule is CCC(CCl)C(CC)c1ccccc1. The van der Waals surface area contributed by atoms with Gasteiger partial charge in [-0.25, -0.2) is 0 Å². The first kappa shape index (κ1) is 11.6. The van der Waals surface area contributed by atoms with Crippen LogP contribution in [0.5, 0.6) is 0 Å². The third-order valence-electron chi connectivity index (χ3n) is 2.96. The van der Waals surface area contributed by atoms with Crippen LogP contribution < -0.4 is 0 Å². The summed E-state index contributed by atoms with van der Waals surface area (Å²) in [7, 11) is 0. The molecule has 2 atom stereocenters. The van der Waals surface area contributed by atoms with Crippen molar-refractivity contribution in [1.29, 1.82) is 0 Å². The van der Waals surface area contributed by atoms with Gasteiger partial charge in [0.25, 0.3) is 0 Å². The average Bonchev–Trinajstić information content (AvgIpc) is 2.27. The molecule has 14 heavy (non-hydrogen) atoms. The van der Waals surface area contributed by atoms with Gasteiger partial charge >= 0.3 is 0 Å². The molecule has 0 radical (unpaired) electrons. The zero-order chi connectivity index (χ0) is 10.4.